The molecule has 47 heavy (non-hydrogen) atoms. The molecule has 1 amide bonds. The van der Waals surface area contributed by atoms with Crippen molar-refractivity contribution in [1.82, 2.24) is 29.1 Å². The van der Waals surface area contributed by atoms with Gasteiger partial charge in [-0.15, -0.1) is 0 Å². The van der Waals surface area contributed by atoms with E-state index < -0.39 is 0 Å². The summed E-state index contributed by atoms with van der Waals surface area (Å²) in [6, 6.07) is 5.58. The third kappa shape index (κ3) is 6.90. The number of anilines is 3. The Morgan fingerprint density at radius 3 is 2.74 bits per heavy atom. The molecule has 3 aliphatic rings. The Morgan fingerprint density at radius 2 is 1.96 bits per heavy atom. The number of ether oxygens (including phenoxy) is 1. The Kier molecular flexibility index (Phi) is 9.36. The summed E-state index contributed by atoms with van der Waals surface area (Å²) in [7, 11) is 3.42. The fourth-order valence-electron chi connectivity index (χ4n) is 6.92. The molecule has 6 rings (SSSR count). The number of aliphatic hydroxyl groups is 1. The third-order valence-electron chi connectivity index (χ3n) is 9.41. The van der Waals surface area contributed by atoms with Crippen LogP contribution in [0.4, 0.5) is 17.3 Å². The van der Waals surface area contributed by atoms with Gasteiger partial charge < -0.3 is 24.6 Å². The summed E-state index contributed by atoms with van der Waals surface area (Å²) < 4.78 is 8.70. The number of rotatable bonds is 9. The first-order valence-electron chi connectivity index (χ1n) is 16.4. The second-order valence-electron chi connectivity index (χ2n) is 13.6. The second kappa shape index (κ2) is 13.5. The minimum absolute atomic E-state index is 0.116. The lowest BCUT2D eigenvalue weighted by Crippen LogP contribution is -2.50. The van der Waals surface area contributed by atoms with Crippen molar-refractivity contribution in [2.45, 2.75) is 52.8 Å². The van der Waals surface area contributed by atoms with Crippen LogP contribution in [-0.2, 0) is 36.3 Å². The minimum atomic E-state index is -0.327. The van der Waals surface area contributed by atoms with Crippen molar-refractivity contribution < 1.29 is 14.6 Å². The topological polar surface area (TPSA) is 121 Å². The largest absolute Gasteiger partial charge is 0.392 e. The molecule has 0 saturated carbocycles. The Morgan fingerprint density at radius 1 is 1.13 bits per heavy atom. The normalized spacial score (nSPS) is 19.5. The van der Waals surface area contributed by atoms with E-state index in [4.69, 9.17) is 9.84 Å². The molecule has 1 saturated heterocycles. The van der Waals surface area contributed by atoms with Crippen molar-refractivity contribution in [2.24, 2.45) is 12.5 Å². The van der Waals surface area contributed by atoms with E-state index in [0.717, 1.165) is 69.9 Å². The maximum atomic E-state index is 14.0. The Bertz CT molecular complexity index is 1760. The van der Waals surface area contributed by atoms with E-state index in [1.807, 2.05) is 22.9 Å². The van der Waals surface area contributed by atoms with Gasteiger partial charge in [-0.25, -0.2) is 4.98 Å². The summed E-state index contributed by atoms with van der Waals surface area (Å²) in [6.45, 7) is 14.4. The standard InChI is InChI=1S/C35H46N8O4/c1-24-17-30-34(46)42(14-13-41(30)11-8-35(2,3)20-24)32-28(23-44)27(7-9-36-32)25-18-29(33(45)39(4)21-25)37-31-19-26-22-40(10-6-16-47-5)12-15-43(26)38-31/h7,9,17-19,21,44H,1,6,8,10-16,20,22-23H2,2-5H3,(H,37,38)/b30-17-. The minimum Gasteiger partial charge on any atom is -0.392 e. The summed E-state index contributed by atoms with van der Waals surface area (Å²) in [5.74, 6) is 0.871. The van der Waals surface area contributed by atoms with E-state index in [2.05, 4.69) is 40.5 Å². The maximum absolute atomic E-state index is 14.0. The SMILES string of the molecule is C=C1/C=C2/C(=O)N(c3nccc(-c4cc(Nc5cc6n(n5)CCN(CCCOC)C6)c(=O)n(C)c4)c3CO)CCN2CCC(C)(C)C1. The lowest BCUT2D eigenvalue weighted by atomic mass is 9.81. The van der Waals surface area contributed by atoms with Crippen LogP contribution in [0.5, 0.6) is 0 Å². The molecule has 250 valence electrons. The number of nitrogens with one attached hydrogen (secondary N) is 1. The molecule has 0 aromatic carbocycles. The van der Waals surface area contributed by atoms with Crippen LogP contribution in [0, 0.1) is 5.41 Å². The zero-order valence-electron chi connectivity index (χ0n) is 28.0. The molecule has 0 aliphatic carbocycles. The molecule has 2 N–H and O–H groups in total. The van der Waals surface area contributed by atoms with Crippen molar-refractivity contribution >= 4 is 23.2 Å². The van der Waals surface area contributed by atoms with Gasteiger partial charge in [0.15, 0.2) is 5.82 Å². The van der Waals surface area contributed by atoms with Gasteiger partial charge >= 0.3 is 0 Å². The van der Waals surface area contributed by atoms with E-state index in [1.54, 1.807) is 37.5 Å². The number of carbonyl (C=O) groups excluding carboxylic acids is 1. The first-order chi connectivity index (χ1) is 22.6. The summed E-state index contributed by atoms with van der Waals surface area (Å²) in [6.07, 6.45) is 8.06. The van der Waals surface area contributed by atoms with E-state index in [-0.39, 0.29) is 23.5 Å². The van der Waals surface area contributed by atoms with Gasteiger partial charge in [0.1, 0.15) is 17.2 Å². The fraction of sp³-hybridized carbons (Fsp3) is 0.486. The van der Waals surface area contributed by atoms with Gasteiger partial charge in [-0.3, -0.25) is 24.1 Å². The van der Waals surface area contributed by atoms with E-state index in [9.17, 15) is 14.7 Å². The molecule has 6 heterocycles. The zero-order chi connectivity index (χ0) is 33.3. The van der Waals surface area contributed by atoms with Gasteiger partial charge in [-0.05, 0) is 48.4 Å². The molecule has 0 radical (unpaired) electrons. The van der Waals surface area contributed by atoms with Crippen LogP contribution in [0.2, 0.25) is 0 Å². The first-order valence-corrected chi connectivity index (χ1v) is 16.4. The number of amides is 1. The third-order valence-corrected chi connectivity index (χ3v) is 9.41. The Balaban J connectivity index is 1.28. The quantitative estimate of drug-likeness (QED) is 0.337. The number of fused-ring (bicyclic) bond motifs is 2. The van der Waals surface area contributed by atoms with Crippen molar-refractivity contribution in [3.63, 3.8) is 0 Å². The molecule has 0 atom stereocenters. The lowest BCUT2D eigenvalue weighted by Gasteiger charge is -2.41. The van der Waals surface area contributed by atoms with Crippen LogP contribution in [0.15, 0.2) is 59.3 Å². The summed E-state index contributed by atoms with van der Waals surface area (Å²) >= 11 is 0. The van der Waals surface area contributed by atoms with Gasteiger partial charge in [-0.1, -0.05) is 26.0 Å². The summed E-state index contributed by atoms with van der Waals surface area (Å²) in [5.41, 5.74) is 4.84. The monoisotopic (exact) mass is 642 g/mol. The van der Waals surface area contributed by atoms with Gasteiger partial charge in [0, 0.05) is 89.6 Å². The summed E-state index contributed by atoms with van der Waals surface area (Å²) in [5, 5.41) is 18.7. The molecule has 1 fully saturated rings. The maximum Gasteiger partial charge on any atom is 0.275 e. The Hall–Kier alpha value is -4.26. The van der Waals surface area contributed by atoms with Crippen LogP contribution in [0.1, 0.15) is 44.4 Å². The number of aryl methyl sites for hydroxylation is 1. The molecule has 3 aromatic rings. The molecule has 12 heteroatoms. The molecule has 0 spiro atoms. The van der Waals surface area contributed by atoms with Gasteiger partial charge in [-0.2, -0.15) is 5.10 Å². The Labute approximate surface area is 275 Å². The number of aromatic nitrogens is 4. The number of allylic oxidation sites excluding steroid dienone is 2. The number of piperazine rings is 1. The number of methoxy groups -OCH3 is 1. The molecule has 3 aromatic heterocycles. The fourth-order valence-corrected chi connectivity index (χ4v) is 6.92. The van der Waals surface area contributed by atoms with E-state index >= 15 is 0 Å². The lowest BCUT2D eigenvalue weighted by molar-refractivity contribution is -0.118. The number of hydrogen-bond donors (Lipinski definition) is 2. The smallest absolute Gasteiger partial charge is 0.275 e. The number of hydrogen-bond acceptors (Lipinski definition) is 9. The molecule has 0 unspecified atom stereocenters. The molecule has 3 aliphatic heterocycles. The summed E-state index contributed by atoms with van der Waals surface area (Å²) in [4.78, 5) is 38.0. The number of aliphatic hydroxyl groups excluding tert-OH is 1. The highest BCUT2D eigenvalue weighted by molar-refractivity contribution is 6.06. The van der Waals surface area contributed by atoms with Gasteiger partial charge in [0.25, 0.3) is 11.5 Å². The number of pyridine rings is 2. The predicted molar refractivity (Wildman–Crippen MR) is 182 cm³/mol. The second-order valence-corrected chi connectivity index (χ2v) is 13.6. The van der Waals surface area contributed by atoms with E-state index in [1.165, 1.54) is 4.57 Å². The van der Waals surface area contributed by atoms with Crippen LogP contribution in [0.25, 0.3) is 11.1 Å². The van der Waals surface area contributed by atoms with Crippen molar-refractivity contribution in [3.8, 4) is 11.1 Å². The van der Waals surface area contributed by atoms with Crippen LogP contribution in [0.3, 0.4) is 0 Å². The average molecular weight is 643 g/mol. The predicted octanol–water partition coefficient (Wildman–Crippen LogP) is 3.64. The molecule has 12 nitrogen and oxygen atoms in total. The van der Waals surface area contributed by atoms with Crippen LogP contribution < -0.4 is 15.8 Å². The molecule has 0 bridgehead atoms. The number of nitrogens with zero attached hydrogens (tertiary/aromatic N) is 7. The van der Waals surface area contributed by atoms with Crippen LogP contribution >= 0.6 is 0 Å². The van der Waals surface area contributed by atoms with E-state index in [0.29, 0.717) is 52.8 Å². The molecular formula is C35H46N8O4. The van der Waals surface area contributed by atoms with Crippen LogP contribution in [-0.4, -0.2) is 86.6 Å². The highest BCUT2D eigenvalue weighted by Crippen LogP contribution is 2.36. The van der Waals surface area contributed by atoms with Gasteiger partial charge in [0.2, 0.25) is 0 Å². The van der Waals surface area contributed by atoms with Crippen molar-refractivity contribution in [1.29, 1.82) is 0 Å². The van der Waals surface area contributed by atoms with Crippen molar-refractivity contribution in [3.05, 3.63) is 76.1 Å². The van der Waals surface area contributed by atoms with Crippen molar-refractivity contribution in [2.75, 3.05) is 56.7 Å². The number of carbonyl (C=O) groups is 1. The average Bonchev–Trinajstić information content (AvgIpc) is 3.44. The zero-order valence-corrected chi connectivity index (χ0v) is 28.0. The highest BCUT2D eigenvalue weighted by atomic mass is 16.5. The molecular weight excluding hydrogens is 596 g/mol. The first kappa shape index (κ1) is 32.7. The van der Waals surface area contributed by atoms with Gasteiger partial charge in [0.05, 0.1) is 18.8 Å². The highest BCUT2D eigenvalue weighted by Gasteiger charge is 2.35.